The van der Waals surface area contributed by atoms with E-state index in [4.69, 9.17) is 5.11 Å². The quantitative estimate of drug-likeness (QED) is 0.869. The molecule has 7 nitrogen and oxygen atoms in total. The highest BCUT2D eigenvalue weighted by atomic mass is 16.4. The van der Waals surface area contributed by atoms with Gasteiger partial charge >= 0.3 is 5.97 Å². The normalized spacial score (nSPS) is 19.2. The van der Waals surface area contributed by atoms with Gasteiger partial charge in [0.15, 0.2) is 5.65 Å². The van der Waals surface area contributed by atoms with Crippen LogP contribution in [0.3, 0.4) is 0 Å². The second-order valence-electron chi connectivity index (χ2n) is 4.91. The number of pyridine rings is 1. The number of carbonyl (C=O) groups is 2. The molecule has 1 atom stereocenters. The van der Waals surface area contributed by atoms with Crippen molar-refractivity contribution in [3.8, 4) is 0 Å². The summed E-state index contributed by atoms with van der Waals surface area (Å²) < 4.78 is 1.67. The molecule has 1 fully saturated rings. The van der Waals surface area contributed by atoms with Crippen LogP contribution in [0.25, 0.3) is 5.65 Å². The first-order valence-electron chi connectivity index (χ1n) is 6.47. The topological polar surface area (TPSA) is 87.8 Å². The molecule has 0 aromatic carbocycles. The zero-order valence-electron chi connectivity index (χ0n) is 10.8. The summed E-state index contributed by atoms with van der Waals surface area (Å²) >= 11 is 0. The third-order valence-corrected chi connectivity index (χ3v) is 3.61. The third-order valence-electron chi connectivity index (χ3n) is 3.61. The molecule has 104 valence electrons. The fourth-order valence-electron chi connectivity index (χ4n) is 2.55. The SMILES string of the molecule is O=C(O)C1CCCN(C(=O)c2cccn3cnnc23)C1. The number of carboxylic acids is 1. The first kappa shape index (κ1) is 12.6. The van der Waals surface area contributed by atoms with Crippen molar-refractivity contribution in [2.75, 3.05) is 13.1 Å². The maximum absolute atomic E-state index is 12.5. The van der Waals surface area contributed by atoms with E-state index < -0.39 is 11.9 Å². The molecular weight excluding hydrogens is 260 g/mol. The molecule has 1 saturated heterocycles. The van der Waals surface area contributed by atoms with Crippen LogP contribution in [0.15, 0.2) is 24.7 Å². The fraction of sp³-hybridized carbons (Fsp3) is 0.385. The number of hydrogen-bond donors (Lipinski definition) is 1. The lowest BCUT2D eigenvalue weighted by Crippen LogP contribution is -2.42. The van der Waals surface area contributed by atoms with Crippen molar-refractivity contribution in [1.82, 2.24) is 19.5 Å². The monoisotopic (exact) mass is 274 g/mol. The van der Waals surface area contributed by atoms with Crippen molar-refractivity contribution in [2.45, 2.75) is 12.8 Å². The summed E-state index contributed by atoms with van der Waals surface area (Å²) in [6.07, 6.45) is 4.62. The fourth-order valence-corrected chi connectivity index (χ4v) is 2.55. The average Bonchev–Trinajstić information content (AvgIpc) is 2.95. The van der Waals surface area contributed by atoms with Crippen LogP contribution in [0.5, 0.6) is 0 Å². The Morgan fingerprint density at radius 1 is 1.40 bits per heavy atom. The van der Waals surface area contributed by atoms with Crippen molar-refractivity contribution in [2.24, 2.45) is 5.92 Å². The Balaban J connectivity index is 1.88. The number of piperidine rings is 1. The summed E-state index contributed by atoms with van der Waals surface area (Å²) in [7, 11) is 0. The molecule has 20 heavy (non-hydrogen) atoms. The van der Waals surface area contributed by atoms with E-state index in [1.807, 2.05) is 0 Å². The summed E-state index contributed by atoms with van der Waals surface area (Å²) in [5.74, 6) is -1.51. The first-order valence-corrected chi connectivity index (χ1v) is 6.47. The molecule has 1 aliphatic heterocycles. The second kappa shape index (κ2) is 4.92. The molecule has 3 heterocycles. The van der Waals surface area contributed by atoms with Gasteiger partial charge in [0, 0.05) is 19.3 Å². The van der Waals surface area contributed by atoms with Crippen LogP contribution in [0.2, 0.25) is 0 Å². The van der Waals surface area contributed by atoms with E-state index in [1.165, 1.54) is 6.33 Å². The molecule has 7 heteroatoms. The number of fused-ring (bicyclic) bond motifs is 1. The van der Waals surface area contributed by atoms with Crippen LogP contribution < -0.4 is 0 Å². The van der Waals surface area contributed by atoms with Gasteiger partial charge in [0.25, 0.3) is 5.91 Å². The Labute approximate surface area is 114 Å². The van der Waals surface area contributed by atoms with Gasteiger partial charge < -0.3 is 10.0 Å². The average molecular weight is 274 g/mol. The minimum absolute atomic E-state index is 0.186. The van der Waals surface area contributed by atoms with Gasteiger partial charge in [0.1, 0.15) is 6.33 Å². The lowest BCUT2D eigenvalue weighted by atomic mass is 9.98. The number of amides is 1. The van der Waals surface area contributed by atoms with Gasteiger partial charge in [-0.3, -0.25) is 14.0 Å². The van der Waals surface area contributed by atoms with Crippen LogP contribution in [-0.4, -0.2) is 49.6 Å². The summed E-state index contributed by atoms with van der Waals surface area (Å²) in [6, 6.07) is 3.44. The number of hydrogen-bond acceptors (Lipinski definition) is 4. The van der Waals surface area contributed by atoms with Gasteiger partial charge in [-0.05, 0) is 25.0 Å². The van der Waals surface area contributed by atoms with Gasteiger partial charge in [0.2, 0.25) is 0 Å². The first-order chi connectivity index (χ1) is 9.66. The largest absolute Gasteiger partial charge is 0.481 e. The van der Waals surface area contributed by atoms with Crippen LogP contribution >= 0.6 is 0 Å². The van der Waals surface area contributed by atoms with E-state index in [9.17, 15) is 9.59 Å². The molecule has 2 aromatic rings. The number of aromatic nitrogens is 3. The van der Waals surface area contributed by atoms with E-state index in [0.29, 0.717) is 30.6 Å². The van der Waals surface area contributed by atoms with Crippen molar-refractivity contribution >= 4 is 17.5 Å². The standard InChI is InChI=1S/C13H14N4O3/c18-12(16-5-1-3-9(7-16)13(19)20)10-4-2-6-17-8-14-15-11(10)17/h2,4,6,8-9H,1,3,5,7H2,(H,19,20). The molecule has 3 rings (SSSR count). The Morgan fingerprint density at radius 2 is 2.25 bits per heavy atom. The molecule has 1 aliphatic rings. The van der Waals surface area contributed by atoms with E-state index in [2.05, 4.69) is 10.2 Å². The summed E-state index contributed by atoms with van der Waals surface area (Å²) in [5.41, 5.74) is 0.950. The van der Waals surface area contributed by atoms with Crippen molar-refractivity contribution < 1.29 is 14.7 Å². The molecule has 0 aliphatic carbocycles. The Hall–Kier alpha value is -2.44. The molecule has 1 unspecified atom stereocenters. The van der Waals surface area contributed by atoms with Crippen molar-refractivity contribution in [1.29, 1.82) is 0 Å². The lowest BCUT2D eigenvalue weighted by Gasteiger charge is -2.30. The minimum Gasteiger partial charge on any atom is -0.481 e. The zero-order chi connectivity index (χ0) is 14.1. The maximum Gasteiger partial charge on any atom is 0.308 e. The summed E-state index contributed by atoms with van der Waals surface area (Å²) in [5, 5.41) is 16.8. The van der Waals surface area contributed by atoms with Crippen molar-refractivity contribution in [3.05, 3.63) is 30.2 Å². The molecule has 0 bridgehead atoms. The number of rotatable bonds is 2. The smallest absolute Gasteiger partial charge is 0.308 e. The minimum atomic E-state index is -0.844. The van der Waals surface area contributed by atoms with Gasteiger partial charge in [-0.2, -0.15) is 0 Å². The van der Waals surface area contributed by atoms with Crippen LogP contribution in [0.4, 0.5) is 0 Å². The Morgan fingerprint density at radius 3 is 3.05 bits per heavy atom. The molecule has 0 spiro atoms. The van der Waals surface area contributed by atoms with Gasteiger partial charge in [0.05, 0.1) is 11.5 Å². The predicted octanol–water partition coefficient (Wildman–Crippen LogP) is 0.666. The van der Waals surface area contributed by atoms with Crippen LogP contribution in [0.1, 0.15) is 23.2 Å². The highest BCUT2D eigenvalue weighted by Gasteiger charge is 2.29. The highest BCUT2D eigenvalue weighted by molar-refractivity contribution is 5.99. The lowest BCUT2D eigenvalue weighted by molar-refractivity contribution is -0.143. The molecular formula is C13H14N4O3. The summed E-state index contributed by atoms with van der Waals surface area (Å²) in [4.78, 5) is 25.2. The Kier molecular flexibility index (Phi) is 3.09. The van der Waals surface area contributed by atoms with E-state index in [1.54, 1.807) is 27.6 Å². The second-order valence-corrected chi connectivity index (χ2v) is 4.91. The predicted molar refractivity (Wildman–Crippen MR) is 69.3 cm³/mol. The number of carboxylic acid groups (broad SMARTS) is 1. The number of nitrogens with zero attached hydrogens (tertiary/aromatic N) is 4. The number of likely N-dealkylation sites (tertiary alicyclic amines) is 1. The molecule has 1 amide bonds. The molecule has 2 aromatic heterocycles. The molecule has 0 radical (unpaired) electrons. The zero-order valence-corrected chi connectivity index (χ0v) is 10.8. The van der Waals surface area contributed by atoms with E-state index in [0.717, 1.165) is 0 Å². The third kappa shape index (κ3) is 2.11. The van der Waals surface area contributed by atoms with E-state index in [-0.39, 0.29) is 12.5 Å². The van der Waals surface area contributed by atoms with Crippen LogP contribution in [-0.2, 0) is 4.79 Å². The van der Waals surface area contributed by atoms with Gasteiger partial charge in [-0.15, -0.1) is 10.2 Å². The highest BCUT2D eigenvalue weighted by Crippen LogP contribution is 2.20. The maximum atomic E-state index is 12.5. The van der Waals surface area contributed by atoms with E-state index >= 15 is 0 Å². The van der Waals surface area contributed by atoms with Crippen molar-refractivity contribution in [3.63, 3.8) is 0 Å². The summed E-state index contributed by atoms with van der Waals surface area (Å²) in [6.45, 7) is 0.834. The van der Waals surface area contributed by atoms with Gasteiger partial charge in [-0.25, -0.2) is 0 Å². The molecule has 1 N–H and O–H groups in total. The van der Waals surface area contributed by atoms with Crippen LogP contribution in [0, 0.1) is 5.92 Å². The number of carbonyl (C=O) groups excluding carboxylic acids is 1. The van der Waals surface area contributed by atoms with Gasteiger partial charge in [-0.1, -0.05) is 0 Å². The Bertz CT molecular complexity index is 666. The number of aliphatic carboxylic acids is 1. The molecule has 0 saturated carbocycles.